The highest BCUT2D eigenvalue weighted by Gasteiger charge is 2.35. The maximum atomic E-state index is 13.4. The molecule has 1 unspecified atom stereocenters. The summed E-state index contributed by atoms with van der Waals surface area (Å²) >= 11 is 0. The Labute approximate surface area is 263 Å². The molecule has 0 aromatic heterocycles. The largest absolute Gasteiger partial charge is 0.480 e. The van der Waals surface area contributed by atoms with Gasteiger partial charge in [-0.05, 0) is 44.2 Å². The number of nitrogens with one attached hydrogen (secondary N) is 4. The summed E-state index contributed by atoms with van der Waals surface area (Å²) in [6.07, 6.45) is 5.25. The molecular formula is C34H44N4O7. The van der Waals surface area contributed by atoms with Crippen LogP contribution in [-0.4, -0.2) is 64.2 Å². The summed E-state index contributed by atoms with van der Waals surface area (Å²) in [6.45, 7) is 4.02. The van der Waals surface area contributed by atoms with E-state index in [1.54, 1.807) is 12.1 Å². The third-order valence-corrected chi connectivity index (χ3v) is 8.00. The van der Waals surface area contributed by atoms with Gasteiger partial charge < -0.3 is 26.4 Å². The van der Waals surface area contributed by atoms with Gasteiger partial charge in [-0.3, -0.25) is 24.0 Å². The Kier molecular flexibility index (Phi) is 12.8. The molecule has 0 aliphatic heterocycles. The molecule has 3 rings (SSSR count). The molecule has 0 radical (unpaired) electrons. The maximum Gasteiger partial charge on any atom is 0.328 e. The molecule has 1 aliphatic carbocycles. The molecule has 1 saturated carbocycles. The lowest BCUT2D eigenvalue weighted by Crippen LogP contribution is -2.59. The normalized spacial score (nSPS) is 15.5. The summed E-state index contributed by atoms with van der Waals surface area (Å²) in [6, 6.07) is 14.7. The lowest BCUT2D eigenvalue weighted by Gasteiger charge is -2.29. The fourth-order valence-electron chi connectivity index (χ4n) is 5.33. The molecule has 11 heteroatoms. The third-order valence-electron chi connectivity index (χ3n) is 8.00. The lowest BCUT2D eigenvalue weighted by molar-refractivity contribution is -0.147. The number of carboxylic acids is 1. The third kappa shape index (κ3) is 11.2. The number of aliphatic carboxylic acids is 1. The molecule has 0 heterocycles. The van der Waals surface area contributed by atoms with Crippen molar-refractivity contribution < 1.29 is 33.9 Å². The average Bonchev–Trinajstić information content (AvgIpc) is 3.01. The van der Waals surface area contributed by atoms with Crippen molar-refractivity contribution in [2.75, 3.05) is 0 Å². The first-order valence-corrected chi connectivity index (χ1v) is 15.4. The molecule has 242 valence electrons. The van der Waals surface area contributed by atoms with Crippen LogP contribution in [0.1, 0.15) is 70.4 Å². The average molecular weight is 621 g/mol. The van der Waals surface area contributed by atoms with Gasteiger partial charge >= 0.3 is 5.97 Å². The number of carbonyl (C=O) groups excluding carboxylic acids is 5. The van der Waals surface area contributed by atoms with Crippen molar-refractivity contribution in [1.29, 1.82) is 0 Å². The molecule has 1 aliphatic rings. The Hall–Kier alpha value is -4.54. The minimum absolute atomic E-state index is 0.0550. The fourth-order valence-corrected chi connectivity index (χ4v) is 5.33. The Bertz CT molecular complexity index is 1340. The van der Waals surface area contributed by atoms with Crippen molar-refractivity contribution in [1.82, 2.24) is 21.3 Å². The van der Waals surface area contributed by atoms with E-state index in [1.807, 2.05) is 48.5 Å². The van der Waals surface area contributed by atoms with Crippen molar-refractivity contribution >= 4 is 35.4 Å². The van der Waals surface area contributed by atoms with Crippen molar-refractivity contribution in [2.45, 2.75) is 95.8 Å². The van der Waals surface area contributed by atoms with Crippen molar-refractivity contribution in [3.63, 3.8) is 0 Å². The highest BCUT2D eigenvalue weighted by molar-refractivity contribution is 6.38. The van der Waals surface area contributed by atoms with E-state index in [0.717, 1.165) is 43.2 Å². The van der Waals surface area contributed by atoms with Gasteiger partial charge in [0.25, 0.3) is 5.91 Å². The van der Waals surface area contributed by atoms with Crippen molar-refractivity contribution in [3.8, 4) is 0 Å². The number of amides is 4. The van der Waals surface area contributed by atoms with E-state index in [1.165, 1.54) is 20.8 Å². The van der Waals surface area contributed by atoms with E-state index in [-0.39, 0.29) is 31.1 Å². The minimum atomic E-state index is -1.59. The molecule has 11 nitrogen and oxygen atoms in total. The summed E-state index contributed by atoms with van der Waals surface area (Å²) in [5.41, 5.74) is -0.0285. The number of rotatable bonds is 15. The van der Waals surface area contributed by atoms with E-state index >= 15 is 0 Å². The van der Waals surface area contributed by atoms with Gasteiger partial charge in [-0.25, -0.2) is 4.79 Å². The standard InChI is InChI=1S/C34H44N4O7/c1-22(29(40)32(43)37-27(20-24-15-9-5-10-16-24)31(42)38-34(2,3)33(44)45)35-30(41)26(19-23-13-7-4-8-14-23)36-28(39)21-25-17-11-6-12-18-25/h4,6-8,11-14,17-18,22,24,26-27H,5,9-10,15-16,19-21H2,1-3H3,(H,35,41)(H,36,39)(H,37,43)(H,38,42)(H,44,45)/t22?,26-,27-/m0/s1. The predicted molar refractivity (Wildman–Crippen MR) is 168 cm³/mol. The van der Waals surface area contributed by atoms with Gasteiger partial charge in [0.1, 0.15) is 17.6 Å². The number of hydrogen-bond acceptors (Lipinski definition) is 6. The molecule has 2 aromatic carbocycles. The summed E-state index contributed by atoms with van der Waals surface area (Å²) in [4.78, 5) is 77.1. The number of benzene rings is 2. The van der Waals surface area contributed by atoms with Gasteiger partial charge in [-0.2, -0.15) is 0 Å². The number of Topliss-reactive ketones (excluding diaryl/α,β-unsaturated/α-hetero) is 1. The Morgan fingerprint density at radius 1 is 0.778 bits per heavy atom. The van der Waals surface area contributed by atoms with Gasteiger partial charge in [0.2, 0.25) is 23.5 Å². The SMILES string of the molecule is CC(NC(=O)[C@H](Cc1ccccc1)NC(=O)Cc1ccccc1)C(=O)C(=O)N[C@@H](CC1CCCCC1)C(=O)NC(C)(C)C(=O)O. The van der Waals surface area contributed by atoms with Crippen LogP contribution in [0.15, 0.2) is 60.7 Å². The van der Waals surface area contributed by atoms with Crippen LogP contribution < -0.4 is 21.3 Å². The van der Waals surface area contributed by atoms with Crippen LogP contribution in [0, 0.1) is 5.92 Å². The van der Waals surface area contributed by atoms with Gasteiger partial charge in [-0.1, -0.05) is 92.8 Å². The number of ketones is 1. The van der Waals surface area contributed by atoms with Crippen LogP contribution >= 0.6 is 0 Å². The van der Waals surface area contributed by atoms with Gasteiger partial charge in [-0.15, -0.1) is 0 Å². The molecular weight excluding hydrogens is 576 g/mol. The highest BCUT2D eigenvalue weighted by atomic mass is 16.4. The minimum Gasteiger partial charge on any atom is -0.480 e. The van der Waals surface area contributed by atoms with Crippen LogP contribution in [0.2, 0.25) is 0 Å². The van der Waals surface area contributed by atoms with Crippen LogP contribution in [-0.2, 0) is 41.6 Å². The summed E-state index contributed by atoms with van der Waals surface area (Å²) in [7, 11) is 0. The topological polar surface area (TPSA) is 171 Å². The first kappa shape index (κ1) is 34.9. The Balaban J connectivity index is 1.68. The van der Waals surface area contributed by atoms with Gasteiger partial charge in [0.15, 0.2) is 0 Å². The van der Waals surface area contributed by atoms with Crippen LogP contribution in [0.3, 0.4) is 0 Å². The Morgan fingerprint density at radius 3 is 1.93 bits per heavy atom. The van der Waals surface area contributed by atoms with Crippen LogP contribution in [0.4, 0.5) is 0 Å². The quantitative estimate of drug-likeness (QED) is 0.190. The Morgan fingerprint density at radius 2 is 1.36 bits per heavy atom. The summed E-state index contributed by atoms with van der Waals surface area (Å²) < 4.78 is 0. The molecule has 45 heavy (non-hydrogen) atoms. The molecule has 1 fully saturated rings. The second-order valence-corrected chi connectivity index (χ2v) is 12.3. The zero-order valence-corrected chi connectivity index (χ0v) is 26.1. The molecule has 0 saturated heterocycles. The summed E-state index contributed by atoms with van der Waals surface area (Å²) in [5.74, 6) is -4.88. The number of hydrogen-bond donors (Lipinski definition) is 5. The van der Waals surface area contributed by atoms with E-state index < -0.39 is 53.1 Å². The zero-order chi connectivity index (χ0) is 33.0. The lowest BCUT2D eigenvalue weighted by atomic mass is 9.84. The first-order chi connectivity index (χ1) is 21.4. The van der Waals surface area contributed by atoms with Gasteiger partial charge in [0, 0.05) is 6.42 Å². The second kappa shape index (κ2) is 16.5. The number of carbonyl (C=O) groups is 6. The molecule has 4 amide bonds. The highest BCUT2D eigenvalue weighted by Crippen LogP contribution is 2.27. The van der Waals surface area contributed by atoms with Gasteiger partial charge in [0.05, 0.1) is 12.5 Å². The van der Waals surface area contributed by atoms with Crippen molar-refractivity contribution in [2.24, 2.45) is 5.92 Å². The first-order valence-electron chi connectivity index (χ1n) is 15.4. The maximum absolute atomic E-state index is 13.4. The predicted octanol–water partition coefficient (Wildman–Crippen LogP) is 2.47. The van der Waals surface area contributed by atoms with E-state index in [0.29, 0.717) is 0 Å². The fraction of sp³-hybridized carbons (Fsp3) is 0.471. The molecule has 0 spiro atoms. The summed E-state index contributed by atoms with van der Waals surface area (Å²) in [5, 5.41) is 19.7. The molecule has 2 aromatic rings. The van der Waals surface area contributed by atoms with Crippen LogP contribution in [0.25, 0.3) is 0 Å². The molecule has 5 N–H and O–H groups in total. The smallest absolute Gasteiger partial charge is 0.328 e. The van der Waals surface area contributed by atoms with E-state index in [4.69, 9.17) is 0 Å². The second-order valence-electron chi connectivity index (χ2n) is 12.3. The molecule has 0 bridgehead atoms. The molecule has 3 atom stereocenters. The van der Waals surface area contributed by atoms with E-state index in [2.05, 4.69) is 21.3 Å². The van der Waals surface area contributed by atoms with Crippen molar-refractivity contribution in [3.05, 3.63) is 71.8 Å². The number of carboxylic acid groups (broad SMARTS) is 1. The zero-order valence-electron chi connectivity index (χ0n) is 26.1. The van der Waals surface area contributed by atoms with Crippen LogP contribution in [0.5, 0.6) is 0 Å². The van der Waals surface area contributed by atoms with E-state index in [9.17, 15) is 33.9 Å². The monoisotopic (exact) mass is 620 g/mol.